The van der Waals surface area contributed by atoms with Crippen molar-refractivity contribution in [3.8, 4) is 0 Å². The number of nitrogens with one attached hydrogen (secondary N) is 1. The van der Waals surface area contributed by atoms with Crippen LogP contribution in [-0.4, -0.2) is 34.9 Å². The Kier molecular flexibility index (Phi) is 58.2. The summed E-state index contributed by atoms with van der Waals surface area (Å²) in [6.07, 6.45) is 79.4. The summed E-state index contributed by atoms with van der Waals surface area (Å²) in [6, 6.07) is -0.621. The maximum Gasteiger partial charge on any atom is 0.220 e. The van der Waals surface area contributed by atoms with E-state index in [0.29, 0.717) is 6.42 Å². The van der Waals surface area contributed by atoms with Crippen molar-refractivity contribution in [3.63, 3.8) is 0 Å². The number of unbranched alkanes of at least 4 members (excludes halogenated alkanes) is 49. The van der Waals surface area contributed by atoms with Gasteiger partial charge in [-0.05, 0) is 44.9 Å². The molecule has 0 aliphatic rings. The lowest BCUT2D eigenvalue weighted by molar-refractivity contribution is -0.123. The van der Waals surface area contributed by atoms with E-state index in [0.717, 1.165) is 25.7 Å². The lowest BCUT2D eigenvalue weighted by atomic mass is 10.0. The molecule has 0 bridgehead atoms. The molecule has 0 heterocycles. The van der Waals surface area contributed by atoms with Gasteiger partial charge in [0.25, 0.3) is 0 Å². The first-order chi connectivity index (χ1) is 33.2. The number of aliphatic hydroxyl groups excluding tert-OH is 2. The smallest absolute Gasteiger partial charge is 0.220 e. The zero-order chi connectivity index (χ0) is 48.5. The van der Waals surface area contributed by atoms with Crippen LogP contribution in [0.2, 0.25) is 0 Å². The quantitative estimate of drug-likeness (QED) is 0.0420. The van der Waals surface area contributed by atoms with Crippen LogP contribution >= 0.6 is 0 Å². The van der Waals surface area contributed by atoms with Gasteiger partial charge in [-0.1, -0.05) is 327 Å². The number of carbonyl (C=O) groups is 1. The van der Waals surface area contributed by atoms with E-state index in [1.54, 1.807) is 6.08 Å². The molecule has 0 spiro atoms. The van der Waals surface area contributed by atoms with Crippen LogP contribution in [0.1, 0.15) is 354 Å². The Morgan fingerprint density at radius 1 is 0.343 bits per heavy atom. The van der Waals surface area contributed by atoms with Crippen molar-refractivity contribution < 1.29 is 15.0 Å². The molecular formula is C63H123NO3. The topological polar surface area (TPSA) is 69.6 Å². The zero-order valence-electron chi connectivity index (χ0n) is 46.0. The van der Waals surface area contributed by atoms with Gasteiger partial charge in [-0.15, -0.1) is 0 Å². The van der Waals surface area contributed by atoms with Crippen LogP contribution in [0.5, 0.6) is 0 Å². The second kappa shape index (κ2) is 59.2. The molecule has 0 aliphatic carbocycles. The van der Waals surface area contributed by atoms with E-state index in [2.05, 4.69) is 31.3 Å². The van der Waals surface area contributed by atoms with Gasteiger partial charge >= 0.3 is 0 Å². The van der Waals surface area contributed by atoms with Gasteiger partial charge in [-0.3, -0.25) is 4.79 Å². The third kappa shape index (κ3) is 55.7. The van der Waals surface area contributed by atoms with Crippen LogP contribution in [0.3, 0.4) is 0 Å². The fourth-order valence-electron chi connectivity index (χ4n) is 9.94. The Morgan fingerprint density at radius 2 is 0.567 bits per heavy atom. The summed E-state index contributed by atoms with van der Waals surface area (Å²) in [6.45, 7) is 4.35. The van der Waals surface area contributed by atoms with Gasteiger partial charge in [0, 0.05) is 6.42 Å². The molecule has 0 fully saturated rings. The number of carbonyl (C=O) groups excluding carboxylic acids is 1. The largest absolute Gasteiger partial charge is 0.394 e. The van der Waals surface area contributed by atoms with Crippen molar-refractivity contribution in [3.05, 3.63) is 24.3 Å². The average Bonchev–Trinajstić information content (AvgIpc) is 3.33. The summed E-state index contributed by atoms with van der Waals surface area (Å²) in [4.78, 5) is 12.5. The summed E-state index contributed by atoms with van der Waals surface area (Å²) in [5.74, 6) is -0.0566. The Labute approximate surface area is 421 Å². The highest BCUT2D eigenvalue weighted by molar-refractivity contribution is 5.76. The monoisotopic (exact) mass is 942 g/mol. The predicted octanol–water partition coefficient (Wildman–Crippen LogP) is 20.7. The van der Waals surface area contributed by atoms with Gasteiger partial charge in [-0.25, -0.2) is 0 Å². The second-order valence-electron chi connectivity index (χ2n) is 21.5. The van der Waals surface area contributed by atoms with E-state index in [-0.39, 0.29) is 12.5 Å². The molecule has 398 valence electrons. The fourth-order valence-corrected chi connectivity index (χ4v) is 9.94. The van der Waals surface area contributed by atoms with Gasteiger partial charge in [0.2, 0.25) is 5.91 Å². The molecule has 0 aliphatic heterocycles. The number of hydrogen-bond donors (Lipinski definition) is 3. The maximum atomic E-state index is 12.5. The summed E-state index contributed by atoms with van der Waals surface area (Å²) in [7, 11) is 0. The molecule has 1 amide bonds. The molecule has 0 saturated heterocycles. The zero-order valence-corrected chi connectivity index (χ0v) is 46.0. The van der Waals surface area contributed by atoms with E-state index >= 15 is 0 Å². The van der Waals surface area contributed by atoms with Crippen molar-refractivity contribution in [1.29, 1.82) is 0 Å². The first-order valence-electron chi connectivity index (χ1n) is 31.1. The highest BCUT2D eigenvalue weighted by atomic mass is 16.3. The summed E-state index contributed by atoms with van der Waals surface area (Å²) < 4.78 is 0. The van der Waals surface area contributed by atoms with Crippen LogP contribution in [0.25, 0.3) is 0 Å². The summed E-state index contributed by atoms with van der Waals surface area (Å²) >= 11 is 0. The van der Waals surface area contributed by atoms with E-state index in [1.807, 2.05) is 6.08 Å². The molecule has 0 rings (SSSR count). The van der Waals surface area contributed by atoms with E-state index in [9.17, 15) is 15.0 Å². The van der Waals surface area contributed by atoms with Crippen molar-refractivity contribution in [2.75, 3.05) is 6.61 Å². The van der Waals surface area contributed by atoms with E-state index in [1.165, 1.54) is 308 Å². The molecule has 0 aromatic rings. The predicted molar refractivity (Wildman–Crippen MR) is 299 cm³/mol. The normalized spacial score (nSPS) is 12.8. The number of amides is 1. The van der Waals surface area contributed by atoms with Crippen LogP contribution in [0.15, 0.2) is 24.3 Å². The van der Waals surface area contributed by atoms with Crippen LogP contribution in [0.4, 0.5) is 0 Å². The van der Waals surface area contributed by atoms with Crippen LogP contribution in [0, 0.1) is 0 Å². The minimum Gasteiger partial charge on any atom is -0.394 e. The molecule has 2 unspecified atom stereocenters. The molecule has 67 heavy (non-hydrogen) atoms. The third-order valence-corrected chi connectivity index (χ3v) is 14.7. The fraction of sp³-hybridized carbons (Fsp3) is 0.921. The van der Waals surface area contributed by atoms with E-state index < -0.39 is 12.1 Å². The van der Waals surface area contributed by atoms with Crippen LogP contribution < -0.4 is 5.32 Å². The lowest BCUT2D eigenvalue weighted by Gasteiger charge is -2.20. The minimum atomic E-state index is -0.838. The van der Waals surface area contributed by atoms with Crippen molar-refractivity contribution in [2.24, 2.45) is 0 Å². The Balaban J connectivity index is 3.43. The summed E-state index contributed by atoms with van der Waals surface area (Å²) in [5, 5.41) is 23.2. The van der Waals surface area contributed by atoms with Crippen molar-refractivity contribution in [2.45, 2.75) is 366 Å². The molecule has 2 atom stereocenters. The van der Waals surface area contributed by atoms with Gasteiger partial charge in [0.05, 0.1) is 18.8 Å². The summed E-state index contributed by atoms with van der Waals surface area (Å²) in [5.41, 5.74) is 0. The molecule has 3 N–H and O–H groups in total. The van der Waals surface area contributed by atoms with E-state index in [4.69, 9.17) is 0 Å². The molecular weight excluding hydrogens is 819 g/mol. The molecule has 0 aromatic carbocycles. The van der Waals surface area contributed by atoms with Crippen LogP contribution in [-0.2, 0) is 4.79 Å². The third-order valence-electron chi connectivity index (χ3n) is 14.7. The molecule has 0 aromatic heterocycles. The molecule has 4 heteroatoms. The second-order valence-corrected chi connectivity index (χ2v) is 21.5. The highest BCUT2D eigenvalue weighted by Gasteiger charge is 2.18. The minimum absolute atomic E-state index is 0.0566. The standard InChI is InChI=1S/C63H123NO3/c1-3-5-7-9-11-13-15-17-19-21-23-25-27-28-29-30-31-32-33-34-35-37-39-41-43-45-47-49-51-53-55-57-59-63(67)64-61(60-65)62(66)58-56-54-52-50-48-46-44-42-40-38-36-26-24-22-20-18-16-14-12-10-8-6-4-2/h28-29,56,58,61-62,65-66H,3-27,30-55,57,59-60H2,1-2H3,(H,64,67)/b29-28-,58-56+. The molecule has 4 nitrogen and oxygen atoms in total. The van der Waals surface area contributed by atoms with Gasteiger partial charge in [0.15, 0.2) is 0 Å². The average molecular weight is 943 g/mol. The lowest BCUT2D eigenvalue weighted by Crippen LogP contribution is -2.45. The van der Waals surface area contributed by atoms with Gasteiger partial charge in [0.1, 0.15) is 0 Å². The maximum absolute atomic E-state index is 12.5. The highest BCUT2D eigenvalue weighted by Crippen LogP contribution is 2.18. The van der Waals surface area contributed by atoms with Gasteiger partial charge in [-0.2, -0.15) is 0 Å². The number of rotatable bonds is 58. The SMILES string of the molecule is CCCCCCCCCCCCCC/C=C\CCCCCCCCCCCCCCCCCCC(=O)NC(CO)C(O)/C=C/CCCCCCCCCCCCCCCCCCCCCCC. The first-order valence-corrected chi connectivity index (χ1v) is 31.1. The number of allylic oxidation sites excluding steroid dienone is 3. The van der Waals surface area contributed by atoms with Crippen molar-refractivity contribution in [1.82, 2.24) is 5.32 Å². The number of hydrogen-bond acceptors (Lipinski definition) is 3. The molecule has 0 saturated carbocycles. The molecule has 0 radical (unpaired) electrons. The van der Waals surface area contributed by atoms with Crippen molar-refractivity contribution >= 4 is 5.91 Å². The Bertz CT molecular complexity index is 978. The van der Waals surface area contributed by atoms with Gasteiger partial charge < -0.3 is 15.5 Å². The Morgan fingerprint density at radius 3 is 0.821 bits per heavy atom. The number of aliphatic hydroxyl groups is 2. The Hall–Kier alpha value is -1.13. The first kappa shape index (κ1) is 65.9.